The molecule has 8 rings (SSSR count). The number of nitrogens with zero attached hydrogens (tertiary/aromatic N) is 8. The minimum atomic E-state index is -0.468. The number of benzene rings is 2. The van der Waals surface area contributed by atoms with Gasteiger partial charge in [0, 0.05) is 55.6 Å². The van der Waals surface area contributed by atoms with Crippen LogP contribution in [0.15, 0.2) is 76.4 Å². The number of nitrogens with two attached hydrogens (primary N) is 1. The number of amides is 2. The fourth-order valence-electron chi connectivity index (χ4n) is 7.30. The molecule has 2 aliphatic rings. The second-order valence-corrected chi connectivity index (χ2v) is 15.9. The molecule has 0 radical (unpaired) electrons. The Labute approximate surface area is 351 Å². The average Bonchev–Trinajstić information content (AvgIpc) is 3.80. The van der Waals surface area contributed by atoms with E-state index in [9.17, 15) is 19.2 Å². The number of imidazole rings is 1. The van der Waals surface area contributed by atoms with Crippen LogP contribution in [0.2, 0.25) is 0 Å². The fourth-order valence-corrected chi connectivity index (χ4v) is 8.16. The van der Waals surface area contributed by atoms with E-state index in [-0.39, 0.29) is 35.5 Å². The van der Waals surface area contributed by atoms with Gasteiger partial charge in [-0.15, -0.1) is 5.92 Å². The second-order valence-electron chi connectivity index (χ2n) is 14.8. The zero-order valence-electron chi connectivity index (χ0n) is 34.2. The van der Waals surface area contributed by atoms with Gasteiger partial charge in [0.05, 0.1) is 30.5 Å². The SMILES string of the molecule is CC#CCn1c(N2CCC[C@@H](N)C2)nc2c1c(=O)n(Cc1nc(C)c3ccccc3n1)c(=O)n2C.CCc1ccc(CCOc2ccc(CC3SC(=O)NC3=O)cc2)nc1. The molecule has 15 nitrogen and oxygen atoms in total. The summed E-state index contributed by atoms with van der Waals surface area (Å²) in [5, 5.41) is 2.64. The van der Waals surface area contributed by atoms with Gasteiger partial charge in [0.25, 0.3) is 10.8 Å². The van der Waals surface area contributed by atoms with Crippen LogP contribution in [0.1, 0.15) is 55.0 Å². The first-order valence-corrected chi connectivity index (χ1v) is 20.9. The highest BCUT2D eigenvalue weighted by Gasteiger charge is 2.31. The van der Waals surface area contributed by atoms with E-state index in [0.717, 1.165) is 77.6 Å². The van der Waals surface area contributed by atoms with Crippen molar-refractivity contribution in [3.8, 4) is 17.6 Å². The van der Waals surface area contributed by atoms with Crippen molar-refractivity contribution in [2.45, 2.75) is 77.3 Å². The number of para-hydroxylation sites is 1. The van der Waals surface area contributed by atoms with Crippen LogP contribution in [-0.2, 0) is 44.2 Å². The van der Waals surface area contributed by atoms with E-state index < -0.39 is 11.2 Å². The molecule has 0 saturated carbocycles. The van der Waals surface area contributed by atoms with Gasteiger partial charge in [0.2, 0.25) is 11.9 Å². The number of hydrogen-bond donors (Lipinski definition) is 2. The van der Waals surface area contributed by atoms with E-state index in [0.29, 0.717) is 42.5 Å². The number of piperidine rings is 1. The second kappa shape index (κ2) is 18.7. The summed E-state index contributed by atoms with van der Waals surface area (Å²) in [4.78, 5) is 70.2. The Morgan fingerprint density at radius 1 is 0.983 bits per heavy atom. The first-order chi connectivity index (χ1) is 29.0. The number of ether oxygens (including phenoxy) is 1. The molecule has 2 aliphatic heterocycles. The standard InChI is InChI=1S/C25H28N8O2.C19H20N2O3S/c1-4-5-13-32-21-22(29-24(32)31-12-8-9-17(26)14-31)30(3)25(35)33(23(21)34)15-20-27-16(2)18-10-6-7-11-19(18)28-20;1-2-13-3-6-15(20-12-13)9-10-24-16-7-4-14(5-8-16)11-17-18(22)21-19(23)25-17/h6-7,10-11,17H,8-9,12-15,26H2,1-3H3;3-8,12,17H,2,9-11H2,1H3,(H,21,22,23)/t17-;/m1./s1. The van der Waals surface area contributed by atoms with Gasteiger partial charge in [-0.3, -0.25) is 38.4 Å². The number of carbonyl (C=O) groups excluding carboxylic acids is 2. The van der Waals surface area contributed by atoms with Crippen LogP contribution in [0.4, 0.5) is 10.7 Å². The predicted molar refractivity (Wildman–Crippen MR) is 233 cm³/mol. The molecule has 4 aromatic heterocycles. The molecule has 3 N–H and O–H groups in total. The molecule has 0 bridgehead atoms. The molecule has 16 heteroatoms. The first kappa shape index (κ1) is 41.8. The quantitative estimate of drug-likeness (QED) is 0.177. The van der Waals surface area contributed by atoms with Gasteiger partial charge in [-0.05, 0) is 74.9 Å². The van der Waals surface area contributed by atoms with E-state index in [2.05, 4.69) is 50.0 Å². The monoisotopic (exact) mass is 828 g/mol. The lowest BCUT2D eigenvalue weighted by molar-refractivity contribution is -0.118. The van der Waals surface area contributed by atoms with E-state index in [1.807, 2.05) is 67.7 Å². The maximum absolute atomic E-state index is 13.7. The summed E-state index contributed by atoms with van der Waals surface area (Å²) in [5.74, 6) is 7.53. The van der Waals surface area contributed by atoms with Crippen molar-refractivity contribution < 1.29 is 14.3 Å². The summed E-state index contributed by atoms with van der Waals surface area (Å²) < 4.78 is 10.1. The number of aryl methyl sites for hydroxylation is 3. The molecule has 2 saturated heterocycles. The molecular weight excluding hydrogens is 781 g/mol. The summed E-state index contributed by atoms with van der Waals surface area (Å²) >= 11 is 1.05. The third-order valence-corrected chi connectivity index (χ3v) is 11.5. The van der Waals surface area contributed by atoms with Gasteiger partial charge in [-0.2, -0.15) is 4.98 Å². The van der Waals surface area contributed by atoms with Crippen molar-refractivity contribution >= 4 is 50.9 Å². The van der Waals surface area contributed by atoms with Gasteiger partial charge in [0.1, 0.15) is 11.6 Å². The minimum Gasteiger partial charge on any atom is -0.493 e. The van der Waals surface area contributed by atoms with E-state index in [4.69, 9.17) is 15.5 Å². The maximum atomic E-state index is 13.7. The normalized spacial score (nSPS) is 16.3. The van der Waals surface area contributed by atoms with Crippen LogP contribution in [0.5, 0.6) is 5.75 Å². The Bertz CT molecular complexity index is 2720. The molecule has 2 fully saturated rings. The lowest BCUT2D eigenvalue weighted by atomic mass is 10.1. The first-order valence-electron chi connectivity index (χ1n) is 20.0. The number of pyridine rings is 1. The molecule has 6 aromatic rings. The maximum Gasteiger partial charge on any atom is 0.332 e. The van der Waals surface area contributed by atoms with E-state index in [1.54, 1.807) is 18.5 Å². The predicted octanol–water partition coefficient (Wildman–Crippen LogP) is 4.31. The third-order valence-electron chi connectivity index (χ3n) is 10.5. The van der Waals surface area contributed by atoms with Crippen LogP contribution in [0.25, 0.3) is 22.1 Å². The van der Waals surface area contributed by atoms with Crippen LogP contribution in [-0.4, -0.2) is 75.8 Å². The highest BCUT2D eigenvalue weighted by atomic mass is 32.2. The molecule has 2 amide bonds. The molecule has 2 atom stereocenters. The number of fused-ring (bicyclic) bond motifs is 2. The Balaban J connectivity index is 0.000000192. The molecule has 2 aromatic carbocycles. The zero-order chi connectivity index (χ0) is 42.3. The Kier molecular flexibility index (Phi) is 13.1. The summed E-state index contributed by atoms with van der Waals surface area (Å²) in [6, 6.07) is 19.5. The molecule has 1 unspecified atom stereocenters. The van der Waals surface area contributed by atoms with Gasteiger partial charge < -0.3 is 15.4 Å². The van der Waals surface area contributed by atoms with Crippen LogP contribution in [0.3, 0.4) is 0 Å². The summed E-state index contributed by atoms with van der Waals surface area (Å²) in [6.45, 7) is 7.98. The largest absolute Gasteiger partial charge is 0.493 e. The Morgan fingerprint density at radius 2 is 1.77 bits per heavy atom. The van der Waals surface area contributed by atoms with Gasteiger partial charge in [-0.25, -0.2) is 14.8 Å². The van der Waals surface area contributed by atoms with Crippen molar-refractivity contribution in [1.82, 2.24) is 39.0 Å². The van der Waals surface area contributed by atoms with Crippen molar-refractivity contribution in [2.24, 2.45) is 12.8 Å². The molecule has 60 heavy (non-hydrogen) atoms. The molecule has 310 valence electrons. The van der Waals surface area contributed by atoms with Gasteiger partial charge in [0.15, 0.2) is 11.2 Å². The average molecular weight is 829 g/mol. The molecular formula is C44H48N10O5S. The number of hydrogen-bond acceptors (Lipinski definition) is 12. The molecule has 6 heterocycles. The summed E-state index contributed by atoms with van der Waals surface area (Å²) in [6.07, 6.45) is 6.08. The zero-order valence-corrected chi connectivity index (χ0v) is 35.0. The molecule has 0 spiro atoms. The highest BCUT2D eigenvalue weighted by Crippen LogP contribution is 2.25. The van der Waals surface area contributed by atoms with Crippen LogP contribution in [0, 0.1) is 18.8 Å². The van der Waals surface area contributed by atoms with E-state index in [1.165, 1.54) is 14.7 Å². The fraction of sp³-hybridized carbons (Fsp3) is 0.364. The summed E-state index contributed by atoms with van der Waals surface area (Å²) in [5.41, 5.74) is 10.8. The Hall–Kier alpha value is -6.31. The van der Waals surface area contributed by atoms with E-state index >= 15 is 0 Å². The van der Waals surface area contributed by atoms with Crippen molar-refractivity contribution in [3.05, 3.63) is 116 Å². The van der Waals surface area contributed by atoms with Crippen molar-refractivity contribution in [3.63, 3.8) is 0 Å². The molecule has 0 aliphatic carbocycles. The number of thioether (sulfide) groups is 1. The number of rotatable bonds is 11. The number of nitrogens with one attached hydrogen (secondary N) is 1. The van der Waals surface area contributed by atoms with Crippen molar-refractivity contribution in [1.29, 1.82) is 0 Å². The third kappa shape index (κ3) is 9.43. The lowest BCUT2D eigenvalue weighted by Crippen LogP contribution is -2.44. The van der Waals surface area contributed by atoms with Gasteiger partial charge >= 0.3 is 5.69 Å². The number of anilines is 1. The Morgan fingerprint density at radius 3 is 2.47 bits per heavy atom. The minimum absolute atomic E-state index is 0.0306. The highest BCUT2D eigenvalue weighted by molar-refractivity contribution is 8.15. The topological polar surface area (TPSA) is 185 Å². The van der Waals surface area contributed by atoms with Crippen LogP contribution >= 0.6 is 11.8 Å². The number of aromatic nitrogens is 7. The number of carbonyl (C=O) groups is 2. The lowest BCUT2D eigenvalue weighted by Gasteiger charge is -2.31. The van der Waals surface area contributed by atoms with Crippen LogP contribution < -0.4 is 31.9 Å². The van der Waals surface area contributed by atoms with Crippen molar-refractivity contribution in [2.75, 3.05) is 24.6 Å². The number of imide groups is 1. The van der Waals surface area contributed by atoms with Gasteiger partial charge in [-0.1, -0.05) is 61.0 Å². The smallest absolute Gasteiger partial charge is 0.332 e. The summed E-state index contributed by atoms with van der Waals surface area (Å²) in [7, 11) is 1.63.